The van der Waals surface area contributed by atoms with Crippen LogP contribution in [0.15, 0.2) is 59.8 Å². The van der Waals surface area contributed by atoms with Gasteiger partial charge in [0.05, 0.1) is 17.3 Å². The van der Waals surface area contributed by atoms with Crippen molar-refractivity contribution in [2.45, 2.75) is 30.4 Å². The lowest BCUT2D eigenvalue weighted by molar-refractivity contribution is -0.186. The fraction of sp³-hybridized carbons (Fsp3) is 0.375. The number of benzene rings is 2. The Bertz CT molecular complexity index is 1290. The summed E-state index contributed by atoms with van der Waals surface area (Å²) >= 11 is 0. The average molecular weight is 498 g/mol. The van der Waals surface area contributed by atoms with Crippen LogP contribution in [-0.2, 0) is 19.6 Å². The number of carbonyl (C=O) groups excluding carboxylic acids is 1. The number of fused-ring (bicyclic) bond motifs is 1. The summed E-state index contributed by atoms with van der Waals surface area (Å²) in [6.07, 6.45) is 5.17. The van der Waals surface area contributed by atoms with Gasteiger partial charge >= 0.3 is 0 Å². The van der Waals surface area contributed by atoms with E-state index in [2.05, 4.69) is 15.4 Å². The van der Waals surface area contributed by atoms with Crippen molar-refractivity contribution in [2.24, 2.45) is 0 Å². The molecular weight excluding hydrogens is 470 g/mol. The second kappa shape index (κ2) is 10.2. The van der Waals surface area contributed by atoms with Gasteiger partial charge in [-0.25, -0.2) is 28.7 Å². The van der Waals surface area contributed by atoms with Crippen molar-refractivity contribution in [3.8, 4) is 0 Å². The van der Waals surface area contributed by atoms with Crippen molar-refractivity contribution < 1.29 is 22.8 Å². The summed E-state index contributed by atoms with van der Waals surface area (Å²) in [4.78, 5) is 28.3. The molecule has 0 spiro atoms. The normalized spacial score (nSPS) is 19.5. The van der Waals surface area contributed by atoms with E-state index in [-0.39, 0.29) is 5.69 Å². The Balaban J connectivity index is 1.17. The molecule has 1 amide bonds. The number of nitrogens with zero attached hydrogens (tertiary/aromatic N) is 4. The van der Waals surface area contributed by atoms with Gasteiger partial charge in [-0.15, -0.1) is 0 Å². The van der Waals surface area contributed by atoms with Crippen LogP contribution >= 0.6 is 0 Å². The number of piperazine rings is 1. The molecule has 1 unspecified atom stereocenters. The molecule has 10 nitrogen and oxygen atoms in total. The second-order valence-corrected chi connectivity index (χ2v) is 10.4. The fourth-order valence-corrected chi connectivity index (χ4v) is 5.67. The minimum atomic E-state index is -3.60. The predicted octanol–water partition coefficient (Wildman–Crippen LogP) is 2.33. The average Bonchev–Trinajstić information content (AvgIpc) is 2.92. The smallest absolute Gasteiger partial charge is 0.295 e. The maximum absolute atomic E-state index is 13.2. The number of hydroxylamine groups is 1. The van der Waals surface area contributed by atoms with Crippen LogP contribution in [-0.4, -0.2) is 67.7 Å². The first-order chi connectivity index (χ1) is 17.0. The van der Waals surface area contributed by atoms with E-state index in [1.165, 1.54) is 16.7 Å². The van der Waals surface area contributed by atoms with Gasteiger partial charge in [0.2, 0.25) is 10.0 Å². The molecule has 11 heteroatoms. The van der Waals surface area contributed by atoms with Crippen molar-refractivity contribution in [3.05, 3.63) is 60.6 Å². The third-order valence-electron chi connectivity index (χ3n) is 6.21. The van der Waals surface area contributed by atoms with E-state index in [0.29, 0.717) is 43.5 Å². The second-order valence-electron chi connectivity index (χ2n) is 8.51. The predicted molar refractivity (Wildman–Crippen MR) is 129 cm³/mol. The molecule has 0 radical (unpaired) electrons. The summed E-state index contributed by atoms with van der Waals surface area (Å²) in [7, 11) is -3.60. The number of rotatable bonds is 6. The molecule has 1 N–H and O–H groups in total. The molecule has 1 aromatic heterocycles. The van der Waals surface area contributed by atoms with Crippen LogP contribution in [0.25, 0.3) is 10.8 Å². The van der Waals surface area contributed by atoms with Crippen molar-refractivity contribution in [3.63, 3.8) is 0 Å². The molecule has 0 bridgehead atoms. The molecule has 2 aliphatic rings. The molecule has 0 aliphatic carbocycles. The van der Waals surface area contributed by atoms with Gasteiger partial charge in [-0.1, -0.05) is 30.3 Å². The van der Waals surface area contributed by atoms with E-state index in [4.69, 9.17) is 9.57 Å². The van der Waals surface area contributed by atoms with E-state index in [0.717, 1.165) is 30.0 Å². The monoisotopic (exact) mass is 497 g/mol. The summed E-state index contributed by atoms with van der Waals surface area (Å²) in [5.74, 6) is 0.0883. The lowest BCUT2D eigenvalue weighted by Gasteiger charge is -2.34. The van der Waals surface area contributed by atoms with E-state index in [9.17, 15) is 13.2 Å². The highest BCUT2D eigenvalue weighted by Crippen LogP contribution is 2.23. The van der Waals surface area contributed by atoms with Crippen LogP contribution in [0.1, 0.15) is 29.8 Å². The molecule has 3 heterocycles. The first-order valence-corrected chi connectivity index (χ1v) is 13.1. The van der Waals surface area contributed by atoms with Crippen LogP contribution in [0, 0.1) is 0 Å². The summed E-state index contributed by atoms with van der Waals surface area (Å²) in [6, 6.07) is 12.9. The molecule has 2 saturated heterocycles. The van der Waals surface area contributed by atoms with Gasteiger partial charge in [0.25, 0.3) is 5.91 Å². The topological polar surface area (TPSA) is 114 Å². The van der Waals surface area contributed by atoms with Crippen LogP contribution in [0.5, 0.6) is 0 Å². The SMILES string of the molecule is O=C(NOC1CCCCO1)c1cnc(N2CCN(S(=O)(=O)c3ccc4ccccc4c3)CC2)cn1. The Hall–Kier alpha value is -3.12. The number of aromatic nitrogens is 2. The zero-order chi connectivity index (χ0) is 24.3. The summed E-state index contributed by atoms with van der Waals surface area (Å²) in [5.41, 5.74) is 2.49. The number of anilines is 1. The number of ether oxygens (including phenoxy) is 1. The lowest BCUT2D eigenvalue weighted by Crippen LogP contribution is -2.49. The Morgan fingerprint density at radius 3 is 2.51 bits per heavy atom. The van der Waals surface area contributed by atoms with Gasteiger partial charge in [0, 0.05) is 39.2 Å². The van der Waals surface area contributed by atoms with Crippen molar-refractivity contribution >= 4 is 32.5 Å². The Kier molecular flexibility index (Phi) is 6.91. The number of hydrogen-bond acceptors (Lipinski definition) is 8. The van der Waals surface area contributed by atoms with E-state index < -0.39 is 22.2 Å². The zero-order valence-corrected chi connectivity index (χ0v) is 20.0. The molecule has 2 aromatic carbocycles. The van der Waals surface area contributed by atoms with E-state index in [1.54, 1.807) is 12.1 Å². The van der Waals surface area contributed by atoms with Crippen LogP contribution in [0.4, 0.5) is 5.82 Å². The first-order valence-electron chi connectivity index (χ1n) is 11.6. The number of nitrogens with one attached hydrogen (secondary N) is 1. The molecular formula is C24H27N5O5S. The standard InChI is InChI=1S/C24H27N5O5S/c30-24(27-34-23-7-3-4-14-33-23)21-16-26-22(17-25-21)28-10-12-29(13-11-28)35(31,32)20-9-8-18-5-1-2-6-19(18)15-20/h1-2,5-6,8-9,15-17,23H,3-4,7,10-14H2,(H,27,30). The molecule has 184 valence electrons. The maximum atomic E-state index is 13.2. The van der Waals surface area contributed by atoms with Crippen LogP contribution in [0.3, 0.4) is 0 Å². The van der Waals surface area contributed by atoms with Crippen molar-refractivity contribution in [1.29, 1.82) is 0 Å². The maximum Gasteiger partial charge on any atom is 0.295 e. The van der Waals surface area contributed by atoms with Gasteiger partial charge in [0.15, 0.2) is 6.29 Å². The first kappa shape index (κ1) is 23.6. The van der Waals surface area contributed by atoms with Gasteiger partial charge < -0.3 is 9.64 Å². The highest BCUT2D eigenvalue weighted by atomic mass is 32.2. The minimum absolute atomic E-state index is 0.127. The van der Waals surface area contributed by atoms with Gasteiger partial charge in [-0.3, -0.25) is 4.79 Å². The number of hydrogen-bond donors (Lipinski definition) is 1. The van der Waals surface area contributed by atoms with Gasteiger partial charge in [0.1, 0.15) is 11.5 Å². The lowest BCUT2D eigenvalue weighted by atomic mass is 10.1. The minimum Gasteiger partial charge on any atom is -0.353 e. The largest absolute Gasteiger partial charge is 0.353 e. The molecule has 1 atom stereocenters. The van der Waals surface area contributed by atoms with E-state index in [1.807, 2.05) is 35.2 Å². The van der Waals surface area contributed by atoms with Gasteiger partial charge in [-0.05, 0) is 35.7 Å². The summed E-state index contributed by atoms with van der Waals surface area (Å²) in [6.45, 7) is 2.21. The third kappa shape index (κ3) is 5.27. The number of sulfonamides is 1. The van der Waals surface area contributed by atoms with Crippen LogP contribution < -0.4 is 10.4 Å². The number of carbonyl (C=O) groups is 1. The Morgan fingerprint density at radius 2 is 1.80 bits per heavy atom. The molecule has 2 aliphatic heterocycles. The summed E-state index contributed by atoms with van der Waals surface area (Å²) < 4.78 is 33.3. The fourth-order valence-electron chi connectivity index (χ4n) is 4.21. The quantitative estimate of drug-likeness (QED) is 0.516. The Labute approximate surface area is 203 Å². The van der Waals surface area contributed by atoms with Crippen LogP contribution in [0.2, 0.25) is 0 Å². The summed E-state index contributed by atoms with van der Waals surface area (Å²) in [5, 5.41) is 1.89. The van der Waals surface area contributed by atoms with E-state index >= 15 is 0 Å². The molecule has 5 rings (SSSR count). The third-order valence-corrected chi connectivity index (χ3v) is 8.11. The highest BCUT2D eigenvalue weighted by molar-refractivity contribution is 7.89. The zero-order valence-electron chi connectivity index (χ0n) is 19.2. The van der Waals surface area contributed by atoms with Gasteiger partial charge in [-0.2, -0.15) is 4.31 Å². The highest BCUT2D eigenvalue weighted by Gasteiger charge is 2.29. The molecule has 3 aromatic rings. The molecule has 35 heavy (non-hydrogen) atoms. The van der Waals surface area contributed by atoms with Crippen molar-refractivity contribution in [2.75, 3.05) is 37.7 Å². The Morgan fingerprint density at radius 1 is 1.00 bits per heavy atom. The molecule has 0 saturated carbocycles. The molecule has 2 fully saturated rings. The van der Waals surface area contributed by atoms with Crippen molar-refractivity contribution in [1.82, 2.24) is 19.8 Å². The number of amides is 1.